The van der Waals surface area contributed by atoms with E-state index in [-0.39, 0.29) is 0 Å². The number of rotatable bonds is 11. The molecule has 0 spiro atoms. The lowest BCUT2D eigenvalue weighted by atomic mass is 10.0. The first-order valence-corrected chi connectivity index (χ1v) is 12.0. The second-order valence-corrected chi connectivity index (χ2v) is 8.66. The molecular formula is C23H31FN2O10. The van der Waals surface area contributed by atoms with Gasteiger partial charge >= 0.3 is 23.8 Å². The fourth-order valence-corrected chi connectivity index (χ4v) is 4.20. The zero-order valence-corrected chi connectivity index (χ0v) is 20.6. The van der Waals surface area contributed by atoms with Crippen molar-refractivity contribution in [3.8, 4) is 0 Å². The summed E-state index contributed by atoms with van der Waals surface area (Å²) in [5, 5.41) is 0. The number of carbonyl (C=O) groups is 3. The molecule has 200 valence electrons. The zero-order chi connectivity index (χ0) is 26.6. The van der Waals surface area contributed by atoms with Gasteiger partial charge in [0, 0.05) is 12.3 Å². The Balaban J connectivity index is 1.85. The first-order chi connectivity index (χ1) is 17.1. The number of carbonyl (C=O) groups excluding carboxylic acids is 3. The summed E-state index contributed by atoms with van der Waals surface area (Å²) in [5.41, 5.74) is -1.77. The summed E-state index contributed by atoms with van der Waals surface area (Å²) in [4.78, 5) is 61.6. The number of halogens is 1. The molecule has 36 heavy (non-hydrogen) atoms. The van der Waals surface area contributed by atoms with E-state index in [1.807, 2.05) is 0 Å². The molecule has 12 nitrogen and oxygen atoms in total. The maximum Gasteiger partial charge on any atom is 0.509 e. The molecule has 0 bridgehead atoms. The molecule has 3 rings (SSSR count). The smallest absolute Gasteiger partial charge is 0.459 e. The summed E-state index contributed by atoms with van der Waals surface area (Å²) in [6.07, 6.45) is -2.72. The standard InChI is InChI=1S/C23H31FN2O10/c1-5-13(6-2)19(28)32-11-23(24)17-16(34-22(31)35-17)18(36-23)25-10-9-15(27)26(21(25)30)12-33-20(29)14(7-3)8-4/h9-10,13-14,16-18H,5-8,11-12H2,1-4H3/t16-,17+,18-,23-/m1/s1. The van der Waals surface area contributed by atoms with Crippen LogP contribution < -0.4 is 11.2 Å². The SMILES string of the molecule is CCC(CC)C(=O)OCn1c(=O)ccn([C@@H]2O[C@](F)(COC(=O)C(CC)CC)[C@H]3OC(=O)O[C@@H]23)c1=O. The van der Waals surface area contributed by atoms with Crippen LogP contribution in [0.25, 0.3) is 0 Å². The van der Waals surface area contributed by atoms with Gasteiger partial charge in [0.2, 0.25) is 6.10 Å². The highest BCUT2D eigenvalue weighted by molar-refractivity contribution is 5.72. The van der Waals surface area contributed by atoms with Gasteiger partial charge < -0.3 is 23.7 Å². The molecular weight excluding hydrogens is 483 g/mol. The summed E-state index contributed by atoms with van der Waals surface area (Å²) >= 11 is 0. The fourth-order valence-electron chi connectivity index (χ4n) is 4.20. The topological polar surface area (TPSA) is 141 Å². The third-order valence-corrected chi connectivity index (χ3v) is 6.53. The Labute approximate surface area is 206 Å². The van der Waals surface area contributed by atoms with Crippen LogP contribution in [0.4, 0.5) is 9.18 Å². The van der Waals surface area contributed by atoms with Gasteiger partial charge in [-0.15, -0.1) is 0 Å². The lowest BCUT2D eigenvalue weighted by Gasteiger charge is -2.24. The van der Waals surface area contributed by atoms with E-state index in [4.69, 9.17) is 23.7 Å². The van der Waals surface area contributed by atoms with E-state index in [2.05, 4.69) is 0 Å². The fraction of sp³-hybridized carbons (Fsp3) is 0.696. The Morgan fingerprint density at radius 2 is 1.58 bits per heavy atom. The molecule has 0 saturated carbocycles. The molecule has 1 aromatic rings. The van der Waals surface area contributed by atoms with Gasteiger partial charge in [-0.3, -0.25) is 19.0 Å². The van der Waals surface area contributed by atoms with Gasteiger partial charge in [0.1, 0.15) is 0 Å². The molecule has 2 aliphatic heterocycles. The Bertz CT molecular complexity index is 1090. The highest BCUT2D eigenvalue weighted by atomic mass is 19.2. The molecule has 2 fully saturated rings. The quantitative estimate of drug-likeness (QED) is 0.318. The summed E-state index contributed by atoms with van der Waals surface area (Å²) in [6.45, 7) is 5.61. The molecule has 0 radical (unpaired) electrons. The monoisotopic (exact) mass is 514 g/mol. The number of aromatic nitrogens is 2. The predicted molar refractivity (Wildman–Crippen MR) is 119 cm³/mol. The van der Waals surface area contributed by atoms with Crippen LogP contribution in [0.3, 0.4) is 0 Å². The van der Waals surface area contributed by atoms with Gasteiger partial charge in [0.05, 0.1) is 11.8 Å². The van der Waals surface area contributed by atoms with Gasteiger partial charge in [0.25, 0.3) is 11.4 Å². The first kappa shape index (κ1) is 27.4. The first-order valence-electron chi connectivity index (χ1n) is 12.0. The van der Waals surface area contributed by atoms with E-state index in [0.717, 1.165) is 16.8 Å². The van der Waals surface area contributed by atoms with E-state index in [1.54, 1.807) is 27.7 Å². The van der Waals surface area contributed by atoms with E-state index in [0.29, 0.717) is 30.3 Å². The summed E-state index contributed by atoms with van der Waals surface area (Å²) in [7, 11) is 0. The lowest BCUT2D eigenvalue weighted by Crippen LogP contribution is -2.43. The zero-order valence-electron chi connectivity index (χ0n) is 20.6. The molecule has 0 aromatic carbocycles. The van der Waals surface area contributed by atoms with Crippen molar-refractivity contribution in [2.45, 2.75) is 84.4 Å². The van der Waals surface area contributed by atoms with Crippen molar-refractivity contribution in [1.29, 1.82) is 0 Å². The largest absolute Gasteiger partial charge is 0.509 e. The third kappa shape index (κ3) is 5.30. The number of nitrogens with zero attached hydrogens (tertiary/aromatic N) is 2. The summed E-state index contributed by atoms with van der Waals surface area (Å²) in [6, 6.07) is 0.994. The van der Waals surface area contributed by atoms with Crippen molar-refractivity contribution >= 4 is 18.1 Å². The highest BCUT2D eigenvalue weighted by Gasteiger charge is 2.65. The number of fused-ring (bicyclic) bond motifs is 1. The van der Waals surface area contributed by atoms with Crippen molar-refractivity contribution in [3.63, 3.8) is 0 Å². The van der Waals surface area contributed by atoms with Crippen LogP contribution in [0.1, 0.15) is 59.6 Å². The predicted octanol–water partition coefficient (Wildman–Crippen LogP) is 2.02. The number of ether oxygens (including phenoxy) is 5. The molecule has 0 unspecified atom stereocenters. The Kier molecular flexibility index (Phi) is 8.54. The summed E-state index contributed by atoms with van der Waals surface area (Å²) < 4.78 is 42.9. The maximum atomic E-state index is 15.8. The molecule has 13 heteroatoms. The van der Waals surface area contributed by atoms with Gasteiger partial charge in [-0.2, -0.15) is 0 Å². The minimum absolute atomic E-state index is 0.393. The molecule has 1 aromatic heterocycles. The van der Waals surface area contributed by atoms with E-state index in [9.17, 15) is 24.0 Å². The van der Waals surface area contributed by atoms with Crippen LogP contribution in [0, 0.1) is 11.8 Å². The number of esters is 2. The van der Waals surface area contributed by atoms with Crippen molar-refractivity contribution in [2.75, 3.05) is 6.61 Å². The van der Waals surface area contributed by atoms with Crippen molar-refractivity contribution < 1.29 is 42.5 Å². The Hall–Kier alpha value is -3.22. The molecule has 0 N–H and O–H groups in total. The minimum Gasteiger partial charge on any atom is -0.459 e. The molecule has 3 heterocycles. The van der Waals surface area contributed by atoms with Crippen LogP contribution in [0.2, 0.25) is 0 Å². The number of hydrogen-bond acceptors (Lipinski definition) is 10. The average molecular weight is 515 g/mol. The van der Waals surface area contributed by atoms with Crippen LogP contribution in [0.15, 0.2) is 21.9 Å². The van der Waals surface area contributed by atoms with E-state index >= 15 is 4.39 Å². The molecule has 0 aliphatic carbocycles. The number of alkyl halides is 1. The van der Waals surface area contributed by atoms with Gasteiger partial charge in [-0.1, -0.05) is 27.7 Å². The van der Waals surface area contributed by atoms with Gasteiger partial charge in [0.15, 0.2) is 25.7 Å². The number of hydrogen-bond donors (Lipinski definition) is 0. The summed E-state index contributed by atoms with van der Waals surface area (Å²) in [5.74, 6) is -4.87. The van der Waals surface area contributed by atoms with Crippen LogP contribution in [-0.4, -0.2) is 51.9 Å². The van der Waals surface area contributed by atoms with E-state index in [1.165, 1.54) is 0 Å². The molecule has 0 amide bonds. The molecule has 4 atom stereocenters. The van der Waals surface area contributed by atoms with Gasteiger partial charge in [-0.25, -0.2) is 18.5 Å². The third-order valence-electron chi connectivity index (χ3n) is 6.53. The second-order valence-electron chi connectivity index (χ2n) is 8.66. The maximum absolute atomic E-state index is 15.8. The van der Waals surface area contributed by atoms with Crippen molar-refractivity contribution in [1.82, 2.24) is 9.13 Å². The second kappa shape index (κ2) is 11.2. The van der Waals surface area contributed by atoms with Crippen molar-refractivity contribution in [3.05, 3.63) is 33.1 Å². The highest BCUT2D eigenvalue weighted by Crippen LogP contribution is 2.44. The normalized spacial score (nSPS) is 25.0. The van der Waals surface area contributed by atoms with Crippen LogP contribution >= 0.6 is 0 Å². The van der Waals surface area contributed by atoms with E-state index < -0.39 is 78.8 Å². The van der Waals surface area contributed by atoms with Crippen LogP contribution in [0.5, 0.6) is 0 Å². The Morgan fingerprint density at radius 3 is 2.17 bits per heavy atom. The Morgan fingerprint density at radius 1 is 1.00 bits per heavy atom. The van der Waals surface area contributed by atoms with Gasteiger partial charge in [-0.05, 0) is 25.7 Å². The average Bonchev–Trinajstić information content (AvgIpc) is 3.36. The minimum atomic E-state index is -2.81. The van der Waals surface area contributed by atoms with Crippen molar-refractivity contribution in [2.24, 2.45) is 11.8 Å². The van der Waals surface area contributed by atoms with Crippen LogP contribution in [-0.2, 0) is 40.0 Å². The molecule has 2 aliphatic rings. The molecule has 2 saturated heterocycles. The lowest BCUT2D eigenvalue weighted by molar-refractivity contribution is -0.221.